The van der Waals surface area contributed by atoms with Crippen LogP contribution in [0.15, 0.2) is 42.6 Å². The number of fused-ring (bicyclic) bond motifs is 1. The molecule has 5 atom stereocenters. The molecule has 5 N–H and O–H groups in total. The number of methoxy groups -OCH3 is 1. The Hall–Kier alpha value is -3.19. The molecule has 38 heavy (non-hydrogen) atoms. The zero-order valence-electron chi connectivity index (χ0n) is 20.2. The number of rotatable bonds is 7. The number of carbonyl (C=O) groups excluding carboxylic acids is 2. The van der Waals surface area contributed by atoms with Gasteiger partial charge in [-0.05, 0) is 36.4 Å². The highest BCUT2D eigenvalue weighted by atomic mass is 35.5. The fourth-order valence-corrected chi connectivity index (χ4v) is 4.44. The molecule has 0 unspecified atom stereocenters. The number of carbonyl (C=O) groups is 2. The summed E-state index contributed by atoms with van der Waals surface area (Å²) in [6, 6.07) is 8.68. The molecule has 13 heteroatoms. The summed E-state index contributed by atoms with van der Waals surface area (Å²) in [4.78, 5) is 28.3. The summed E-state index contributed by atoms with van der Waals surface area (Å²) < 4.78 is 16.3. The number of amides is 1. The van der Waals surface area contributed by atoms with Crippen LogP contribution in [-0.4, -0.2) is 76.5 Å². The summed E-state index contributed by atoms with van der Waals surface area (Å²) in [5.74, 6) is -0.767. The molecule has 2 aromatic carbocycles. The third kappa shape index (κ3) is 5.63. The summed E-state index contributed by atoms with van der Waals surface area (Å²) in [5, 5.41) is 36.9. The van der Waals surface area contributed by atoms with Crippen LogP contribution in [0.5, 0.6) is 5.75 Å². The fraction of sp³-hybridized carbons (Fsp3) is 0.320. The third-order valence-corrected chi connectivity index (χ3v) is 6.76. The molecule has 1 amide bonds. The Balaban J connectivity index is 1.61. The standard InChI is InChI=1S/C25H25Cl2N3O8/c1-11(32)29-21-23(34)22(33)17(10-31)38-25(21)37-13-5-3-12(4-6-13)30-19-14-7-8-16(26)18(27)20(14)28-9-15(19)24(35)36-2/h3-9,17,21-23,25,31,33-34H,10H2,1-2H3,(H,28,30)(H,29,32)/t17-,21-,22+,23-,25-/m1/s1. The van der Waals surface area contributed by atoms with Crippen molar-refractivity contribution in [2.45, 2.75) is 37.6 Å². The van der Waals surface area contributed by atoms with Crippen LogP contribution in [0.1, 0.15) is 17.3 Å². The quantitative estimate of drug-likeness (QED) is 0.269. The average Bonchev–Trinajstić information content (AvgIpc) is 2.91. The van der Waals surface area contributed by atoms with E-state index in [2.05, 4.69) is 15.6 Å². The van der Waals surface area contributed by atoms with Crippen molar-refractivity contribution in [2.75, 3.05) is 19.0 Å². The highest BCUT2D eigenvalue weighted by molar-refractivity contribution is 6.45. The first kappa shape index (κ1) is 27.8. The second-order valence-corrected chi connectivity index (χ2v) is 9.28. The molecule has 0 radical (unpaired) electrons. The monoisotopic (exact) mass is 565 g/mol. The molecule has 0 aliphatic carbocycles. The van der Waals surface area contributed by atoms with Gasteiger partial charge in [0.1, 0.15) is 35.7 Å². The zero-order valence-corrected chi connectivity index (χ0v) is 21.7. The first-order chi connectivity index (χ1) is 18.1. The van der Waals surface area contributed by atoms with Crippen molar-refractivity contribution in [1.29, 1.82) is 0 Å². The van der Waals surface area contributed by atoms with Gasteiger partial charge in [0, 0.05) is 24.2 Å². The number of benzene rings is 2. The Kier molecular flexibility index (Phi) is 8.56. The minimum atomic E-state index is -1.44. The van der Waals surface area contributed by atoms with E-state index >= 15 is 0 Å². The summed E-state index contributed by atoms with van der Waals surface area (Å²) in [6.45, 7) is 0.687. The predicted octanol–water partition coefficient (Wildman–Crippen LogP) is 2.39. The smallest absolute Gasteiger partial charge is 0.341 e. The molecule has 4 rings (SSSR count). The maximum atomic E-state index is 12.4. The van der Waals surface area contributed by atoms with Crippen LogP contribution >= 0.6 is 23.2 Å². The Bertz CT molecular complexity index is 1340. The van der Waals surface area contributed by atoms with Gasteiger partial charge in [-0.15, -0.1) is 0 Å². The van der Waals surface area contributed by atoms with Gasteiger partial charge in [0.15, 0.2) is 0 Å². The number of hydrogen-bond acceptors (Lipinski definition) is 10. The lowest BCUT2D eigenvalue weighted by molar-refractivity contribution is -0.244. The first-order valence-corrected chi connectivity index (χ1v) is 12.2. The molecule has 1 aromatic heterocycles. The van der Waals surface area contributed by atoms with E-state index in [0.29, 0.717) is 33.0 Å². The molecule has 3 aromatic rings. The number of halogens is 2. The van der Waals surface area contributed by atoms with Gasteiger partial charge >= 0.3 is 5.97 Å². The largest absolute Gasteiger partial charge is 0.465 e. The van der Waals surface area contributed by atoms with Crippen LogP contribution in [-0.2, 0) is 14.3 Å². The number of aromatic nitrogens is 1. The van der Waals surface area contributed by atoms with Crippen molar-refractivity contribution < 1.29 is 39.1 Å². The van der Waals surface area contributed by atoms with Gasteiger partial charge < -0.3 is 40.2 Å². The van der Waals surface area contributed by atoms with Gasteiger partial charge in [0.2, 0.25) is 12.2 Å². The van der Waals surface area contributed by atoms with Crippen LogP contribution in [0.25, 0.3) is 10.9 Å². The van der Waals surface area contributed by atoms with Crippen molar-refractivity contribution in [3.05, 3.63) is 58.2 Å². The lowest BCUT2D eigenvalue weighted by Crippen LogP contribution is -2.65. The number of aliphatic hydroxyl groups excluding tert-OH is 3. The van der Waals surface area contributed by atoms with E-state index in [1.165, 1.54) is 20.2 Å². The Morgan fingerprint density at radius 2 is 1.82 bits per heavy atom. The molecule has 2 heterocycles. The maximum absolute atomic E-state index is 12.4. The van der Waals surface area contributed by atoms with Crippen LogP contribution in [0.2, 0.25) is 10.0 Å². The molecule has 1 aliphatic rings. The third-order valence-electron chi connectivity index (χ3n) is 5.96. The molecule has 1 saturated heterocycles. The van der Waals surface area contributed by atoms with Crippen molar-refractivity contribution in [1.82, 2.24) is 10.3 Å². The van der Waals surface area contributed by atoms with Crippen molar-refractivity contribution in [3.8, 4) is 5.75 Å². The Labute approximate surface area is 227 Å². The second kappa shape index (κ2) is 11.7. The number of hydrogen-bond donors (Lipinski definition) is 5. The van der Waals surface area contributed by atoms with Gasteiger partial charge in [-0.2, -0.15) is 0 Å². The number of anilines is 2. The van der Waals surface area contributed by atoms with Gasteiger partial charge in [-0.1, -0.05) is 23.2 Å². The summed E-state index contributed by atoms with van der Waals surface area (Å²) in [6.07, 6.45) is -3.83. The lowest BCUT2D eigenvalue weighted by Gasteiger charge is -2.42. The summed E-state index contributed by atoms with van der Waals surface area (Å²) >= 11 is 12.4. The van der Waals surface area contributed by atoms with Crippen LogP contribution in [0, 0.1) is 0 Å². The summed E-state index contributed by atoms with van der Waals surface area (Å²) in [7, 11) is 1.26. The van der Waals surface area contributed by atoms with E-state index in [4.69, 9.17) is 37.4 Å². The number of ether oxygens (including phenoxy) is 3. The molecule has 0 spiro atoms. The average molecular weight is 566 g/mol. The van der Waals surface area contributed by atoms with E-state index in [-0.39, 0.29) is 10.6 Å². The van der Waals surface area contributed by atoms with E-state index < -0.39 is 49.1 Å². The molecule has 1 aliphatic heterocycles. The molecular weight excluding hydrogens is 541 g/mol. The number of pyridine rings is 1. The molecule has 0 saturated carbocycles. The van der Waals surface area contributed by atoms with Gasteiger partial charge in [-0.25, -0.2) is 4.79 Å². The lowest BCUT2D eigenvalue weighted by atomic mass is 9.97. The van der Waals surface area contributed by atoms with Crippen molar-refractivity contribution in [2.24, 2.45) is 0 Å². The Morgan fingerprint density at radius 1 is 1.11 bits per heavy atom. The van der Waals surface area contributed by atoms with Gasteiger partial charge in [0.25, 0.3) is 0 Å². The minimum Gasteiger partial charge on any atom is -0.465 e. The van der Waals surface area contributed by atoms with Gasteiger partial charge in [-0.3, -0.25) is 9.78 Å². The molecular formula is C25H25Cl2N3O8. The number of esters is 1. The van der Waals surface area contributed by atoms with Crippen molar-refractivity contribution >= 4 is 57.4 Å². The maximum Gasteiger partial charge on any atom is 0.341 e. The van der Waals surface area contributed by atoms with Crippen LogP contribution < -0.4 is 15.4 Å². The molecule has 11 nitrogen and oxygen atoms in total. The second-order valence-electron chi connectivity index (χ2n) is 8.50. The van der Waals surface area contributed by atoms with Crippen molar-refractivity contribution in [3.63, 3.8) is 0 Å². The number of aliphatic hydroxyl groups is 3. The normalized spacial score (nSPS) is 23.1. The number of nitrogens with zero attached hydrogens (tertiary/aromatic N) is 1. The molecule has 1 fully saturated rings. The van der Waals surface area contributed by atoms with Crippen LogP contribution in [0.4, 0.5) is 11.4 Å². The highest BCUT2D eigenvalue weighted by Crippen LogP contribution is 2.36. The fourth-order valence-electron chi connectivity index (χ4n) is 4.07. The highest BCUT2D eigenvalue weighted by Gasteiger charge is 2.46. The first-order valence-electron chi connectivity index (χ1n) is 11.4. The van der Waals surface area contributed by atoms with E-state index in [1.807, 2.05) is 0 Å². The predicted molar refractivity (Wildman–Crippen MR) is 139 cm³/mol. The minimum absolute atomic E-state index is 0.176. The number of nitrogens with one attached hydrogen (secondary N) is 2. The topological polar surface area (TPSA) is 159 Å². The van der Waals surface area contributed by atoms with E-state index in [0.717, 1.165) is 0 Å². The van der Waals surface area contributed by atoms with E-state index in [9.17, 15) is 24.9 Å². The summed E-state index contributed by atoms with van der Waals surface area (Å²) in [5.41, 5.74) is 1.54. The van der Waals surface area contributed by atoms with E-state index in [1.54, 1.807) is 36.4 Å². The molecule has 202 valence electrons. The van der Waals surface area contributed by atoms with Crippen LogP contribution in [0.3, 0.4) is 0 Å². The van der Waals surface area contributed by atoms with Gasteiger partial charge in [0.05, 0.1) is 35.0 Å². The Morgan fingerprint density at radius 3 is 2.45 bits per heavy atom. The zero-order chi connectivity index (χ0) is 27.6. The molecule has 0 bridgehead atoms. The SMILES string of the molecule is COC(=O)c1cnc2c(Cl)c(Cl)ccc2c1Nc1ccc(O[C@@H]2O[C@H](CO)[C@H](O)[C@H](O)[C@H]2NC(C)=O)cc1.